The first-order valence-electron chi connectivity index (χ1n) is 11.1. The van der Waals surface area contributed by atoms with Gasteiger partial charge in [0.05, 0.1) is 30.1 Å². The number of rotatable bonds is 8. The van der Waals surface area contributed by atoms with E-state index in [1.165, 1.54) is 28.0 Å². The molecule has 32 heavy (non-hydrogen) atoms. The molecular weight excluding hydrogens is 450 g/mol. The van der Waals surface area contributed by atoms with Crippen LogP contribution in [0.3, 0.4) is 0 Å². The summed E-state index contributed by atoms with van der Waals surface area (Å²) >= 11 is 2.79. The smallest absolute Gasteiger partial charge is 0.341 e. The number of tetrazole rings is 1. The first-order chi connectivity index (χ1) is 15.5. The standard InChI is InChI=1S/C21H29N5O4S2/c1-4-29-20(28)17-15-8-7-12(2)10-16(15)32-19(17)22-18(27)13(3)31-21-23-24-25-26(21)11-14-6-5-9-30-14/h12-14H,4-11H2,1-3H3,(H,22,27). The molecule has 0 spiro atoms. The van der Waals surface area contributed by atoms with Gasteiger partial charge in [0, 0.05) is 11.5 Å². The van der Waals surface area contributed by atoms with Crippen molar-refractivity contribution in [1.29, 1.82) is 0 Å². The highest BCUT2D eigenvalue weighted by Gasteiger charge is 2.30. The van der Waals surface area contributed by atoms with Crippen molar-refractivity contribution in [1.82, 2.24) is 20.2 Å². The number of carbonyl (C=O) groups excluding carboxylic acids is 2. The molecule has 2 aromatic rings. The van der Waals surface area contributed by atoms with Crippen molar-refractivity contribution < 1.29 is 19.1 Å². The first-order valence-corrected chi connectivity index (χ1v) is 12.8. The van der Waals surface area contributed by atoms with Crippen LogP contribution < -0.4 is 5.32 Å². The van der Waals surface area contributed by atoms with Gasteiger partial charge in [0.2, 0.25) is 11.1 Å². The Morgan fingerprint density at radius 3 is 3.00 bits per heavy atom. The molecule has 11 heteroatoms. The molecule has 1 amide bonds. The van der Waals surface area contributed by atoms with Crippen LogP contribution in [0.5, 0.6) is 0 Å². The van der Waals surface area contributed by atoms with Gasteiger partial charge in [-0.2, -0.15) is 0 Å². The largest absolute Gasteiger partial charge is 0.462 e. The van der Waals surface area contributed by atoms with Crippen LogP contribution in [0.15, 0.2) is 5.16 Å². The molecule has 0 saturated carbocycles. The zero-order chi connectivity index (χ0) is 22.7. The molecular formula is C21H29N5O4S2. The van der Waals surface area contributed by atoms with Crippen LogP contribution in [-0.2, 0) is 33.7 Å². The third-order valence-corrected chi connectivity index (χ3v) is 8.02. The number of carbonyl (C=O) groups is 2. The third kappa shape index (κ3) is 5.15. The van der Waals surface area contributed by atoms with Crippen molar-refractivity contribution in [2.45, 2.75) is 75.9 Å². The Hall–Kier alpha value is -1.98. The maximum atomic E-state index is 13.0. The number of nitrogens with zero attached hydrogens (tertiary/aromatic N) is 4. The van der Waals surface area contributed by atoms with E-state index in [9.17, 15) is 9.59 Å². The third-order valence-electron chi connectivity index (χ3n) is 5.78. The summed E-state index contributed by atoms with van der Waals surface area (Å²) in [5.74, 6) is 0.00598. The lowest BCUT2D eigenvalue weighted by atomic mass is 9.88. The van der Waals surface area contributed by atoms with Crippen molar-refractivity contribution in [3.8, 4) is 0 Å². The number of anilines is 1. The van der Waals surface area contributed by atoms with Crippen LogP contribution in [-0.4, -0.2) is 56.7 Å². The van der Waals surface area contributed by atoms with Gasteiger partial charge in [-0.1, -0.05) is 18.7 Å². The zero-order valence-corrected chi connectivity index (χ0v) is 20.3. The second kappa shape index (κ2) is 10.3. The molecule has 1 N–H and O–H groups in total. The van der Waals surface area contributed by atoms with Crippen LogP contribution >= 0.6 is 23.1 Å². The summed E-state index contributed by atoms with van der Waals surface area (Å²) < 4.78 is 12.7. The number of fused-ring (bicyclic) bond motifs is 1. The second-order valence-electron chi connectivity index (χ2n) is 8.30. The van der Waals surface area contributed by atoms with E-state index in [0.29, 0.717) is 34.8 Å². The van der Waals surface area contributed by atoms with E-state index < -0.39 is 5.25 Å². The Morgan fingerprint density at radius 2 is 2.25 bits per heavy atom. The summed E-state index contributed by atoms with van der Waals surface area (Å²) in [7, 11) is 0. The van der Waals surface area contributed by atoms with E-state index in [-0.39, 0.29) is 18.0 Å². The molecule has 1 fully saturated rings. The van der Waals surface area contributed by atoms with Gasteiger partial charge in [0.25, 0.3) is 0 Å². The minimum Gasteiger partial charge on any atom is -0.462 e. The van der Waals surface area contributed by atoms with Gasteiger partial charge in [-0.25, -0.2) is 9.48 Å². The molecule has 174 valence electrons. The number of esters is 1. The Morgan fingerprint density at radius 1 is 1.41 bits per heavy atom. The average molecular weight is 480 g/mol. The van der Waals surface area contributed by atoms with E-state index in [2.05, 4.69) is 27.8 Å². The Bertz CT molecular complexity index is 970. The highest BCUT2D eigenvalue weighted by molar-refractivity contribution is 8.00. The predicted octanol–water partition coefficient (Wildman–Crippen LogP) is 3.33. The number of thiophene rings is 1. The van der Waals surface area contributed by atoms with E-state index >= 15 is 0 Å². The van der Waals surface area contributed by atoms with Crippen molar-refractivity contribution in [3.05, 3.63) is 16.0 Å². The molecule has 2 aliphatic rings. The van der Waals surface area contributed by atoms with Gasteiger partial charge in [-0.3, -0.25) is 4.79 Å². The molecule has 0 aromatic carbocycles. The molecule has 3 atom stereocenters. The second-order valence-corrected chi connectivity index (χ2v) is 10.7. The monoisotopic (exact) mass is 479 g/mol. The van der Waals surface area contributed by atoms with E-state index in [4.69, 9.17) is 9.47 Å². The zero-order valence-electron chi connectivity index (χ0n) is 18.6. The van der Waals surface area contributed by atoms with E-state index in [0.717, 1.165) is 44.3 Å². The fraction of sp³-hybridized carbons (Fsp3) is 0.667. The van der Waals surface area contributed by atoms with Crippen LogP contribution in [0.4, 0.5) is 5.00 Å². The Kier molecular flexibility index (Phi) is 7.47. The molecule has 9 nitrogen and oxygen atoms in total. The normalized spacial score (nSPS) is 21.2. The van der Waals surface area contributed by atoms with Crippen LogP contribution in [0, 0.1) is 5.92 Å². The van der Waals surface area contributed by atoms with Crippen molar-refractivity contribution in [3.63, 3.8) is 0 Å². The lowest BCUT2D eigenvalue weighted by Gasteiger charge is -2.18. The highest BCUT2D eigenvalue weighted by Crippen LogP contribution is 2.40. The maximum absolute atomic E-state index is 13.0. The van der Waals surface area contributed by atoms with Gasteiger partial charge in [0.1, 0.15) is 5.00 Å². The summed E-state index contributed by atoms with van der Waals surface area (Å²) in [5, 5.41) is 15.6. The van der Waals surface area contributed by atoms with Gasteiger partial charge in [0.15, 0.2) is 0 Å². The summed E-state index contributed by atoms with van der Waals surface area (Å²) in [6.07, 6.45) is 4.92. The fourth-order valence-electron chi connectivity index (χ4n) is 4.06. The van der Waals surface area contributed by atoms with Gasteiger partial charge >= 0.3 is 5.97 Å². The van der Waals surface area contributed by atoms with Gasteiger partial charge in [-0.15, -0.1) is 16.4 Å². The van der Waals surface area contributed by atoms with Gasteiger partial charge < -0.3 is 14.8 Å². The lowest BCUT2D eigenvalue weighted by Crippen LogP contribution is -2.24. The molecule has 1 aliphatic carbocycles. The fourth-order valence-corrected chi connectivity index (χ4v) is 6.26. The minimum atomic E-state index is -0.447. The number of amides is 1. The van der Waals surface area contributed by atoms with Crippen LogP contribution in [0.2, 0.25) is 0 Å². The molecule has 0 bridgehead atoms. The summed E-state index contributed by atoms with van der Waals surface area (Å²) in [5.41, 5.74) is 1.55. The Balaban J connectivity index is 1.47. The van der Waals surface area contributed by atoms with E-state index in [1.54, 1.807) is 11.6 Å². The van der Waals surface area contributed by atoms with Gasteiger partial charge in [-0.05, 0) is 67.9 Å². The van der Waals surface area contributed by atoms with E-state index in [1.807, 2.05) is 6.92 Å². The number of nitrogens with one attached hydrogen (secondary N) is 1. The predicted molar refractivity (Wildman–Crippen MR) is 122 cm³/mol. The molecule has 2 aromatic heterocycles. The topological polar surface area (TPSA) is 108 Å². The Labute approximate surface area is 195 Å². The quantitative estimate of drug-likeness (QED) is 0.454. The molecule has 3 unspecified atom stereocenters. The molecule has 3 heterocycles. The first kappa shape index (κ1) is 23.2. The molecule has 0 radical (unpaired) electrons. The maximum Gasteiger partial charge on any atom is 0.341 e. The molecule has 4 rings (SSSR count). The molecule has 1 saturated heterocycles. The highest BCUT2D eigenvalue weighted by atomic mass is 32.2. The van der Waals surface area contributed by atoms with Crippen molar-refractivity contribution in [2.75, 3.05) is 18.5 Å². The average Bonchev–Trinajstić information content (AvgIpc) is 3.49. The SMILES string of the molecule is CCOC(=O)c1c(NC(=O)C(C)Sc2nnnn2CC2CCCO2)sc2c1CCC(C)C2. The summed E-state index contributed by atoms with van der Waals surface area (Å²) in [4.78, 5) is 26.9. The lowest BCUT2D eigenvalue weighted by molar-refractivity contribution is -0.115. The van der Waals surface area contributed by atoms with Crippen LogP contribution in [0.1, 0.15) is 60.8 Å². The van der Waals surface area contributed by atoms with Crippen molar-refractivity contribution in [2.24, 2.45) is 5.92 Å². The summed E-state index contributed by atoms with van der Waals surface area (Å²) in [6.45, 7) is 7.45. The summed E-state index contributed by atoms with van der Waals surface area (Å²) in [6, 6.07) is 0. The van der Waals surface area contributed by atoms with Crippen molar-refractivity contribution >= 4 is 40.0 Å². The molecule has 1 aliphatic heterocycles. The minimum absolute atomic E-state index is 0.106. The van der Waals surface area contributed by atoms with Crippen LogP contribution in [0.25, 0.3) is 0 Å². The number of hydrogen-bond acceptors (Lipinski definition) is 9. The number of thioether (sulfide) groups is 1. The number of aromatic nitrogens is 4. The number of ether oxygens (including phenoxy) is 2. The number of hydrogen-bond donors (Lipinski definition) is 1.